The molecule has 1 heterocycles. The summed E-state index contributed by atoms with van der Waals surface area (Å²) in [4.78, 5) is 6.58. The highest BCUT2D eigenvalue weighted by atomic mass is 16.5. The maximum Gasteiger partial charge on any atom is 0.232 e. The van der Waals surface area contributed by atoms with Crippen LogP contribution in [0.1, 0.15) is 25.1 Å². The molecular weight excluding hydrogens is 158 g/mol. The number of hydrogen-bond acceptors (Lipinski definition) is 4. The summed E-state index contributed by atoms with van der Waals surface area (Å²) in [6, 6.07) is 0. The smallest absolute Gasteiger partial charge is 0.232 e. The van der Waals surface area contributed by atoms with E-state index in [1.807, 2.05) is 6.92 Å². The fourth-order valence-electron chi connectivity index (χ4n) is 0.772. The Morgan fingerprint density at radius 2 is 2.50 bits per heavy atom. The van der Waals surface area contributed by atoms with Crippen molar-refractivity contribution in [1.29, 1.82) is 0 Å². The number of hydrogen-bond donors (Lipinski definition) is 0. The molecule has 6 heteroatoms. The molecule has 0 aliphatic rings. The van der Waals surface area contributed by atoms with Crippen LogP contribution in [-0.4, -0.2) is 10.1 Å². The minimum absolute atomic E-state index is 0.132. The van der Waals surface area contributed by atoms with Gasteiger partial charge in [0.25, 0.3) is 0 Å². The van der Waals surface area contributed by atoms with E-state index >= 15 is 0 Å². The standard InChI is InChI=1S/C6H9N5O/c1-2-3-5-9-6(12-10-5)4-8-11-7/h2-4H2,1H3. The zero-order chi connectivity index (χ0) is 8.81. The van der Waals surface area contributed by atoms with Gasteiger partial charge in [-0.3, -0.25) is 0 Å². The second-order valence-corrected chi connectivity index (χ2v) is 2.24. The van der Waals surface area contributed by atoms with Crippen LogP contribution < -0.4 is 0 Å². The molecular formula is C6H9N5O. The second-order valence-electron chi connectivity index (χ2n) is 2.24. The summed E-state index contributed by atoms with van der Waals surface area (Å²) >= 11 is 0. The molecule has 1 aromatic rings. The lowest BCUT2D eigenvalue weighted by Gasteiger charge is -1.82. The van der Waals surface area contributed by atoms with Crippen LogP contribution in [-0.2, 0) is 13.0 Å². The van der Waals surface area contributed by atoms with Gasteiger partial charge in [-0.1, -0.05) is 17.2 Å². The van der Waals surface area contributed by atoms with E-state index in [1.165, 1.54) is 0 Å². The van der Waals surface area contributed by atoms with Crippen LogP contribution in [0.15, 0.2) is 9.64 Å². The third-order valence-electron chi connectivity index (χ3n) is 1.25. The average molecular weight is 167 g/mol. The maximum absolute atomic E-state index is 8.01. The van der Waals surface area contributed by atoms with Gasteiger partial charge in [0.15, 0.2) is 5.82 Å². The van der Waals surface area contributed by atoms with Crippen LogP contribution in [0.4, 0.5) is 0 Å². The Kier molecular flexibility index (Phi) is 3.10. The molecule has 1 aromatic heterocycles. The maximum atomic E-state index is 8.01. The van der Waals surface area contributed by atoms with Crippen molar-refractivity contribution in [3.63, 3.8) is 0 Å². The Morgan fingerprint density at radius 3 is 3.17 bits per heavy atom. The van der Waals surface area contributed by atoms with Crippen LogP contribution >= 0.6 is 0 Å². The molecule has 0 fully saturated rings. The second kappa shape index (κ2) is 4.35. The molecule has 1 rings (SSSR count). The summed E-state index contributed by atoms with van der Waals surface area (Å²) in [6.07, 6.45) is 1.76. The van der Waals surface area contributed by atoms with Gasteiger partial charge in [-0.25, -0.2) is 0 Å². The zero-order valence-electron chi connectivity index (χ0n) is 6.77. The van der Waals surface area contributed by atoms with Crippen molar-refractivity contribution in [2.75, 3.05) is 0 Å². The van der Waals surface area contributed by atoms with Gasteiger partial charge >= 0.3 is 0 Å². The van der Waals surface area contributed by atoms with E-state index in [4.69, 9.17) is 10.1 Å². The molecule has 0 spiro atoms. The third-order valence-corrected chi connectivity index (χ3v) is 1.25. The van der Waals surface area contributed by atoms with E-state index in [1.54, 1.807) is 0 Å². The predicted molar refractivity (Wildman–Crippen MR) is 41.1 cm³/mol. The molecule has 0 aliphatic carbocycles. The zero-order valence-corrected chi connectivity index (χ0v) is 6.77. The Bertz CT molecular complexity index is 288. The summed E-state index contributed by atoms with van der Waals surface area (Å²) < 4.78 is 4.79. The SMILES string of the molecule is CCCc1noc(CN=[N+]=[N-])n1. The number of nitrogens with zero attached hydrogens (tertiary/aromatic N) is 5. The Morgan fingerprint density at radius 1 is 1.67 bits per heavy atom. The Balaban J connectivity index is 2.57. The van der Waals surface area contributed by atoms with Crippen molar-refractivity contribution >= 4 is 0 Å². The number of aryl methyl sites for hydroxylation is 1. The van der Waals surface area contributed by atoms with Crippen molar-refractivity contribution in [3.8, 4) is 0 Å². The summed E-state index contributed by atoms with van der Waals surface area (Å²) in [5, 5.41) is 6.99. The quantitative estimate of drug-likeness (QED) is 0.389. The van der Waals surface area contributed by atoms with Crippen molar-refractivity contribution < 1.29 is 4.52 Å². The number of aromatic nitrogens is 2. The lowest BCUT2D eigenvalue weighted by Crippen LogP contribution is -1.86. The molecule has 0 saturated carbocycles. The van der Waals surface area contributed by atoms with Gasteiger partial charge < -0.3 is 4.52 Å². The first-order valence-corrected chi connectivity index (χ1v) is 3.69. The van der Waals surface area contributed by atoms with Crippen molar-refractivity contribution in [1.82, 2.24) is 10.1 Å². The highest BCUT2D eigenvalue weighted by molar-refractivity contribution is 4.85. The molecule has 0 amide bonds. The fraction of sp³-hybridized carbons (Fsp3) is 0.667. The molecule has 0 bridgehead atoms. The molecule has 0 aliphatic heterocycles. The minimum Gasteiger partial charge on any atom is -0.339 e. The Labute approximate surface area is 69.2 Å². The van der Waals surface area contributed by atoms with Gasteiger partial charge in [-0.05, 0) is 12.0 Å². The van der Waals surface area contributed by atoms with Crippen LogP contribution in [0.3, 0.4) is 0 Å². The van der Waals surface area contributed by atoms with Crippen molar-refractivity contribution in [3.05, 3.63) is 22.2 Å². The highest BCUT2D eigenvalue weighted by Gasteiger charge is 2.02. The molecule has 0 N–H and O–H groups in total. The van der Waals surface area contributed by atoms with E-state index in [0.717, 1.165) is 12.8 Å². The summed E-state index contributed by atoms with van der Waals surface area (Å²) in [7, 11) is 0. The third kappa shape index (κ3) is 2.25. The lowest BCUT2D eigenvalue weighted by atomic mass is 10.3. The van der Waals surface area contributed by atoms with Gasteiger partial charge in [0.05, 0.1) is 0 Å². The normalized spacial score (nSPS) is 9.42. The number of azide groups is 1. The average Bonchev–Trinajstić information content (AvgIpc) is 2.50. The van der Waals surface area contributed by atoms with Gasteiger partial charge in [0, 0.05) is 11.3 Å². The van der Waals surface area contributed by atoms with E-state index in [0.29, 0.717) is 11.7 Å². The van der Waals surface area contributed by atoms with Crippen LogP contribution in [0, 0.1) is 0 Å². The lowest BCUT2D eigenvalue weighted by molar-refractivity contribution is 0.374. The van der Waals surface area contributed by atoms with Crippen LogP contribution in [0.5, 0.6) is 0 Å². The fourth-order valence-corrected chi connectivity index (χ4v) is 0.772. The monoisotopic (exact) mass is 167 g/mol. The van der Waals surface area contributed by atoms with Gasteiger partial charge in [0.2, 0.25) is 5.89 Å². The summed E-state index contributed by atoms with van der Waals surface area (Å²) in [5.74, 6) is 1.04. The Hall–Kier alpha value is -1.55. The molecule has 0 unspecified atom stereocenters. The first kappa shape index (κ1) is 8.55. The van der Waals surface area contributed by atoms with Crippen molar-refractivity contribution in [2.24, 2.45) is 5.11 Å². The van der Waals surface area contributed by atoms with E-state index in [2.05, 4.69) is 20.2 Å². The van der Waals surface area contributed by atoms with Gasteiger partial charge in [-0.2, -0.15) is 4.98 Å². The van der Waals surface area contributed by atoms with Gasteiger partial charge in [-0.15, -0.1) is 0 Å². The van der Waals surface area contributed by atoms with Crippen LogP contribution in [0.25, 0.3) is 10.4 Å². The number of rotatable bonds is 4. The molecule has 0 aromatic carbocycles. The van der Waals surface area contributed by atoms with Crippen LogP contribution in [0.2, 0.25) is 0 Å². The van der Waals surface area contributed by atoms with Gasteiger partial charge in [0.1, 0.15) is 6.54 Å². The first-order valence-electron chi connectivity index (χ1n) is 3.69. The molecule has 0 radical (unpaired) electrons. The summed E-state index contributed by atoms with van der Waals surface area (Å²) in [5.41, 5.74) is 8.01. The van der Waals surface area contributed by atoms with E-state index in [9.17, 15) is 0 Å². The highest BCUT2D eigenvalue weighted by Crippen LogP contribution is 2.01. The van der Waals surface area contributed by atoms with E-state index in [-0.39, 0.29) is 6.54 Å². The molecule has 6 nitrogen and oxygen atoms in total. The topological polar surface area (TPSA) is 87.7 Å². The molecule has 0 saturated heterocycles. The molecule has 0 atom stereocenters. The minimum atomic E-state index is 0.132. The predicted octanol–water partition coefficient (Wildman–Crippen LogP) is 1.83. The molecule has 64 valence electrons. The largest absolute Gasteiger partial charge is 0.339 e. The first-order chi connectivity index (χ1) is 5.86. The van der Waals surface area contributed by atoms with Crippen molar-refractivity contribution in [2.45, 2.75) is 26.3 Å². The summed E-state index contributed by atoms with van der Waals surface area (Å²) in [6.45, 7) is 2.16. The van der Waals surface area contributed by atoms with E-state index < -0.39 is 0 Å². The molecule has 12 heavy (non-hydrogen) atoms.